The molecule has 0 unspecified atom stereocenters. The molecule has 0 saturated carbocycles. The molecule has 3 rings (SSSR count). The van der Waals surface area contributed by atoms with Crippen LogP contribution in [0.3, 0.4) is 0 Å². The highest BCUT2D eigenvalue weighted by atomic mass is 35.5. The van der Waals surface area contributed by atoms with Crippen LogP contribution in [0.5, 0.6) is 0 Å². The topological polar surface area (TPSA) is 49.4 Å². The minimum absolute atomic E-state index is 0.0432. The fourth-order valence-corrected chi connectivity index (χ4v) is 4.52. The Bertz CT molecular complexity index is 816. The third-order valence-corrected chi connectivity index (χ3v) is 6.26. The maximum Gasteiger partial charge on any atom is 0.216 e. The van der Waals surface area contributed by atoms with Gasteiger partial charge in [0.1, 0.15) is 0 Å². The summed E-state index contributed by atoms with van der Waals surface area (Å²) in [5.74, 6) is -0.0432. The second-order valence-electron chi connectivity index (χ2n) is 6.81. The van der Waals surface area contributed by atoms with Gasteiger partial charge in [-0.25, -0.2) is 13.1 Å². The summed E-state index contributed by atoms with van der Waals surface area (Å²) < 4.78 is 27.5. The molecule has 0 aromatic heterocycles. The zero-order chi connectivity index (χ0) is 18.4. The Hall–Kier alpha value is -1.40. The van der Waals surface area contributed by atoms with Gasteiger partial charge >= 0.3 is 0 Å². The van der Waals surface area contributed by atoms with E-state index in [2.05, 4.69) is 15.7 Å². The van der Waals surface area contributed by atoms with E-state index in [1.807, 2.05) is 18.2 Å². The summed E-state index contributed by atoms with van der Waals surface area (Å²) in [6.45, 7) is 3.45. The first-order valence-electron chi connectivity index (χ1n) is 9.03. The van der Waals surface area contributed by atoms with E-state index in [0.717, 1.165) is 30.8 Å². The van der Waals surface area contributed by atoms with Gasteiger partial charge in [-0.2, -0.15) is 0 Å². The molecule has 1 aliphatic heterocycles. The van der Waals surface area contributed by atoms with Gasteiger partial charge in [0.15, 0.2) is 0 Å². The number of hydrogen-bond acceptors (Lipinski definition) is 3. The van der Waals surface area contributed by atoms with E-state index < -0.39 is 10.0 Å². The highest BCUT2D eigenvalue weighted by Gasteiger charge is 2.15. The first-order chi connectivity index (χ1) is 12.5. The third-order valence-electron chi connectivity index (χ3n) is 4.71. The minimum atomic E-state index is -3.40. The largest absolute Gasteiger partial charge is 0.299 e. The average Bonchev–Trinajstić information content (AvgIpc) is 2.64. The molecule has 1 heterocycles. The number of hydrogen-bond donors (Lipinski definition) is 1. The molecule has 0 spiro atoms. The number of piperidine rings is 1. The van der Waals surface area contributed by atoms with E-state index in [4.69, 9.17) is 11.6 Å². The maximum atomic E-state index is 12.4. The van der Waals surface area contributed by atoms with Crippen LogP contribution in [-0.4, -0.2) is 26.4 Å². The molecular formula is C20H25ClN2O2S. The molecule has 2 aromatic rings. The Morgan fingerprint density at radius 2 is 1.58 bits per heavy atom. The first kappa shape index (κ1) is 19.4. The van der Waals surface area contributed by atoms with Gasteiger partial charge in [0, 0.05) is 18.1 Å². The molecule has 26 heavy (non-hydrogen) atoms. The predicted molar refractivity (Wildman–Crippen MR) is 106 cm³/mol. The van der Waals surface area contributed by atoms with Crippen LogP contribution >= 0.6 is 11.6 Å². The fraction of sp³-hybridized carbons (Fsp3) is 0.400. The van der Waals surface area contributed by atoms with Crippen LogP contribution < -0.4 is 4.72 Å². The Morgan fingerprint density at radius 1 is 0.923 bits per heavy atom. The van der Waals surface area contributed by atoms with Crippen molar-refractivity contribution in [3.63, 3.8) is 0 Å². The predicted octanol–water partition coefficient (Wildman–Crippen LogP) is 3.95. The number of benzene rings is 2. The molecule has 1 aliphatic rings. The van der Waals surface area contributed by atoms with Crippen molar-refractivity contribution in [2.24, 2.45) is 0 Å². The van der Waals surface area contributed by atoms with E-state index in [1.165, 1.54) is 24.8 Å². The lowest BCUT2D eigenvalue weighted by atomic mass is 10.1. The van der Waals surface area contributed by atoms with Gasteiger partial charge in [0.05, 0.1) is 5.75 Å². The van der Waals surface area contributed by atoms with Gasteiger partial charge in [-0.1, -0.05) is 54.4 Å². The Balaban J connectivity index is 1.62. The molecule has 1 N–H and O–H groups in total. The highest BCUT2D eigenvalue weighted by molar-refractivity contribution is 7.88. The molecule has 0 atom stereocenters. The standard InChI is InChI=1S/C20H25ClN2O2S/c21-20-10-8-17(9-11-20)16-26(24,25)22-14-18-6-2-3-7-19(18)15-23-12-4-1-5-13-23/h2-3,6-11,22H,1,4-5,12-16H2. The SMILES string of the molecule is O=S(=O)(Cc1ccc(Cl)cc1)NCc1ccccc1CN1CCCCC1. The summed E-state index contributed by atoms with van der Waals surface area (Å²) in [5.41, 5.74) is 2.96. The van der Waals surface area contributed by atoms with E-state index in [1.54, 1.807) is 24.3 Å². The monoisotopic (exact) mass is 392 g/mol. The van der Waals surface area contributed by atoms with Crippen LogP contribution in [0.25, 0.3) is 0 Å². The van der Waals surface area contributed by atoms with E-state index >= 15 is 0 Å². The summed E-state index contributed by atoms with van der Waals surface area (Å²) >= 11 is 5.85. The molecule has 1 fully saturated rings. The minimum Gasteiger partial charge on any atom is -0.299 e. The van der Waals surface area contributed by atoms with Crippen molar-refractivity contribution in [2.45, 2.75) is 38.1 Å². The number of likely N-dealkylation sites (tertiary alicyclic amines) is 1. The molecule has 6 heteroatoms. The lowest BCUT2D eigenvalue weighted by Gasteiger charge is -2.27. The van der Waals surface area contributed by atoms with Crippen molar-refractivity contribution < 1.29 is 8.42 Å². The Kier molecular flexibility index (Phi) is 6.70. The third kappa shape index (κ3) is 5.81. The number of halogens is 1. The second-order valence-corrected chi connectivity index (χ2v) is 9.06. The van der Waals surface area contributed by atoms with Crippen LogP contribution in [0.2, 0.25) is 5.02 Å². The van der Waals surface area contributed by atoms with Crippen LogP contribution in [0.4, 0.5) is 0 Å². The van der Waals surface area contributed by atoms with Gasteiger partial charge < -0.3 is 0 Å². The van der Waals surface area contributed by atoms with Crippen LogP contribution in [0.15, 0.2) is 48.5 Å². The van der Waals surface area contributed by atoms with Crippen molar-refractivity contribution in [1.82, 2.24) is 9.62 Å². The summed E-state index contributed by atoms with van der Waals surface area (Å²) in [4.78, 5) is 2.45. The Morgan fingerprint density at radius 3 is 2.27 bits per heavy atom. The summed E-state index contributed by atoms with van der Waals surface area (Å²) in [6.07, 6.45) is 3.80. The zero-order valence-electron chi connectivity index (χ0n) is 14.8. The normalized spacial score (nSPS) is 15.9. The molecule has 4 nitrogen and oxygen atoms in total. The average molecular weight is 393 g/mol. The van der Waals surface area contributed by atoms with Gasteiger partial charge in [-0.05, 0) is 54.8 Å². The van der Waals surface area contributed by atoms with E-state index in [0.29, 0.717) is 11.6 Å². The van der Waals surface area contributed by atoms with Crippen LogP contribution in [0.1, 0.15) is 36.0 Å². The molecule has 140 valence electrons. The summed E-state index contributed by atoms with van der Waals surface area (Å²) in [7, 11) is -3.40. The van der Waals surface area contributed by atoms with E-state index in [-0.39, 0.29) is 5.75 Å². The summed E-state index contributed by atoms with van der Waals surface area (Å²) in [5, 5.41) is 0.603. The molecular weight excluding hydrogens is 368 g/mol. The lowest BCUT2D eigenvalue weighted by Crippen LogP contribution is -2.30. The quantitative estimate of drug-likeness (QED) is 0.776. The van der Waals surface area contributed by atoms with Crippen molar-refractivity contribution >= 4 is 21.6 Å². The number of nitrogens with one attached hydrogen (secondary N) is 1. The molecule has 1 saturated heterocycles. The number of rotatable bonds is 7. The number of sulfonamides is 1. The molecule has 0 bridgehead atoms. The molecule has 2 aromatic carbocycles. The van der Waals surface area contributed by atoms with Gasteiger partial charge in [0.25, 0.3) is 0 Å². The zero-order valence-corrected chi connectivity index (χ0v) is 16.4. The van der Waals surface area contributed by atoms with Gasteiger partial charge in [-0.15, -0.1) is 0 Å². The lowest BCUT2D eigenvalue weighted by molar-refractivity contribution is 0.220. The van der Waals surface area contributed by atoms with Crippen molar-refractivity contribution in [2.75, 3.05) is 13.1 Å². The van der Waals surface area contributed by atoms with Crippen molar-refractivity contribution in [3.8, 4) is 0 Å². The molecule has 0 aliphatic carbocycles. The van der Waals surface area contributed by atoms with Crippen LogP contribution in [-0.2, 0) is 28.9 Å². The maximum absolute atomic E-state index is 12.4. The number of nitrogens with zero attached hydrogens (tertiary/aromatic N) is 1. The second kappa shape index (κ2) is 9.00. The van der Waals surface area contributed by atoms with Crippen LogP contribution in [0, 0.1) is 0 Å². The van der Waals surface area contributed by atoms with Crippen molar-refractivity contribution in [3.05, 3.63) is 70.2 Å². The molecule has 0 radical (unpaired) electrons. The first-order valence-corrected chi connectivity index (χ1v) is 11.1. The fourth-order valence-electron chi connectivity index (χ4n) is 3.28. The molecule has 0 amide bonds. The van der Waals surface area contributed by atoms with Crippen molar-refractivity contribution in [1.29, 1.82) is 0 Å². The Labute approximate surface area is 161 Å². The van der Waals surface area contributed by atoms with E-state index in [9.17, 15) is 8.42 Å². The summed E-state index contributed by atoms with van der Waals surface area (Å²) in [6, 6.07) is 15.0. The van der Waals surface area contributed by atoms with Gasteiger partial charge in [-0.3, -0.25) is 4.90 Å². The van der Waals surface area contributed by atoms with Gasteiger partial charge in [0.2, 0.25) is 10.0 Å². The smallest absolute Gasteiger partial charge is 0.216 e. The highest BCUT2D eigenvalue weighted by Crippen LogP contribution is 2.17.